The lowest BCUT2D eigenvalue weighted by Crippen LogP contribution is -2.47. The van der Waals surface area contributed by atoms with Gasteiger partial charge in [0.1, 0.15) is 17.1 Å². The smallest absolute Gasteiger partial charge is 0.348 e. The minimum Gasteiger partial charge on any atom is -0.497 e. The lowest BCUT2D eigenvalue weighted by atomic mass is 9.93. The van der Waals surface area contributed by atoms with E-state index in [2.05, 4.69) is 0 Å². The Morgan fingerprint density at radius 2 is 1.67 bits per heavy atom. The predicted molar refractivity (Wildman–Crippen MR) is 85.5 cm³/mol. The summed E-state index contributed by atoms with van der Waals surface area (Å²) in [6.07, 6.45) is 5.34. The Labute approximate surface area is 140 Å². The van der Waals surface area contributed by atoms with Crippen LogP contribution in [-0.2, 0) is 19.1 Å². The maximum absolute atomic E-state index is 12.4. The van der Waals surface area contributed by atoms with Crippen LogP contribution in [0.15, 0.2) is 23.8 Å². The summed E-state index contributed by atoms with van der Waals surface area (Å²) in [7, 11) is 3.05. The van der Waals surface area contributed by atoms with Crippen LogP contribution in [0.4, 0.5) is 0 Å². The van der Waals surface area contributed by atoms with Gasteiger partial charge < -0.3 is 18.9 Å². The molecule has 1 aliphatic carbocycles. The van der Waals surface area contributed by atoms with Crippen molar-refractivity contribution in [3.05, 3.63) is 29.3 Å². The zero-order valence-electron chi connectivity index (χ0n) is 13.8. The van der Waals surface area contributed by atoms with Crippen LogP contribution in [0, 0.1) is 0 Å². The molecule has 1 spiro atoms. The molecule has 1 heterocycles. The Kier molecular flexibility index (Phi) is 4.46. The third kappa shape index (κ3) is 3.09. The van der Waals surface area contributed by atoms with Gasteiger partial charge in [0.05, 0.1) is 14.2 Å². The van der Waals surface area contributed by atoms with E-state index >= 15 is 0 Å². The van der Waals surface area contributed by atoms with Crippen LogP contribution >= 0.6 is 0 Å². The fourth-order valence-electron chi connectivity index (χ4n) is 3.07. The van der Waals surface area contributed by atoms with E-state index in [9.17, 15) is 9.59 Å². The van der Waals surface area contributed by atoms with Crippen molar-refractivity contribution in [1.82, 2.24) is 0 Å². The van der Waals surface area contributed by atoms with Gasteiger partial charge in [0.25, 0.3) is 5.79 Å². The zero-order valence-corrected chi connectivity index (χ0v) is 13.8. The van der Waals surface area contributed by atoms with Gasteiger partial charge >= 0.3 is 11.9 Å². The average molecular weight is 332 g/mol. The van der Waals surface area contributed by atoms with Crippen molar-refractivity contribution in [1.29, 1.82) is 0 Å². The van der Waals surface area contributed by atoms with Crippen molar-refractivity contribution in [3.8, 4) is 11.5 Å². The molecule has 0 N–H and O–H groups in total. The summed E-state index contributed by atoms with van der Waals surface area (Å²) in [5, 5.41) is 0. The molecule has 0 aromatic heterocycles. The molecule has 0 unspecified atom stereocenters. The summed E-state index contributed by atoms with van der Waals surface area (Å²) in [5.41, 5.74) is 0.401. The highest BCUT2D eigenvalue weighted by molar-refractivity contribution is 6.19. The van der Waals surface area contributed by atoms with Crippen LogP contribution in [-0.4, -0.2) is 31.9 Å². The summed E-state index contributed by atoms with van der Waals surface area (Å²) >= 11 is 0. The lowest BCUT2D eigenvalue weighted by molar-refractivity contribution is -0.244. The Morgan fingerprint density at radius 1 is 1.00 bits per heavy atom. The second kappa shape index (κ2) is 6.55. The summed E-state index contributed by atoms with van der Waals surface area (Å²) in [5.74, 6) is -1.29. The number of carbonyl (C=O) groups excluding carboxylic acids is 2. The van der Waals surface area contributed by atoms with E-state index in [0.717, 1.165) is 19.3 Å². The Balaban J connectivity index is 1.91. The maximum atomic E-state index is 12.4. The van der Waals surface area contributed by atoms with Crippen LogP contribution < -0.4 is 9.47 Å². The second-order valence-electron chi connectivity index (χ2n) is 5.92. The van der Waals surface area contributed by atoms with Gasteiger partial charge in [-0.05, 0) is 37.1 Å². The molecule has 0 bridgehead atoms. The van der Waals surface area contributed by atoms with Crippen molar-refractivity contribution < 1.29 is 28.5 Å². The fourth-order valence-corrected chi connectivity index (χ4v) is 3.07. The van der Waals surface area contributed by atoms with Crippen LogP contribution in [0.1, 0.15) is 37.7 Å². The number of benzene rings is 1. The van der Waals surface area contributed by atoms with Gasteiger partial charge in [-0.3, -0.25) is 0 Å². The number of carbonyl (C=O) groups is 2. The van der Waals surface area contributed by atoms with E-state index in [0.29, 0.717) is 29.9 Å². The molecule has 3 rings (SSSR count). The van der Waals surface area contributed by atoms with Gasteiger partial charge in [0.2, 0.25) is 0 Å². The minimum absolute atomic E-state index is 0.141. The third-order valence-electron chi connectivity index (χ3n) is 4.35. The van der Waals surface area contributed by atoms with Crippen LogP contribution in [0.25, 0.3) is 6.08 Å². The van der Waals surface area contributed by atoms with E-state index in [1.54, 1.807) is 18.2 Å². The van der Waals surface area contributed by atoms with E-state index in [4.69, 9.17) is 18.9 Å². The molecule has 1 saturated carbocycles. The van der Waals surface area contributed by atoms with E-state index in [1.165, 1.54) is 20.3 Å². The molecule has 1 aliphatic heterocycles. The molecule has 1 saturated heterocycles. The van der Waals surface area contributed by atoms with Crippen LogP contribution in [0.3, 0.4) is 0 Å². The van der Waals surface area contributed by atoms with Gasteiger partial charge in [-0.25, -0.2) is 9.59 Å². The first kappa shape index (κ1) is 16.4. The van der Waals surface area contributed by atoms with Crippen molar-refractivity contribution in [2.24, 2.45) is 0 Å². The molecule has 0 atom stereocenters. The monoisotopic (exact) mass is 332 g/mol. The molecule has 6 heteroatoms. The average Bonchev–Trinajstić information content (AvgIpc) is 2.58. The summed E-state index contributed by atoms with van der Waals surface area (Å²) < 4.78 is 21.4. The molecule has 1 aromatic carbocycles. The van der Waals surface area contributed by atoms with Crippen LogP contribution in [0.2, 0.25) is 0 Å². The number of ether oxygens (including phenoxy) is 4. The molecular weight excluding hydrogens is 312 g/mol. The molecule has 0 radical (unpaired) electrons. The lowest BCUT2D eigenvalue weighted by Gasteiger charge is -2.38. The Bertz CT molecular complexity index is 663. The first-order valence-electron chi connectivity index (χ1n) is 7.97. The predicted octanol–water partition coefficient (Wildman–Crippen LogP) is 2.85. The van der Waals surface area contributed by atoms with Crippen LogP contribution in [0.5, 0.6) is 11.5 Å². The molecule has 24 heavy (non-hydrogen) atoms. The highest BCUT2D eigenvalue weighted by atomic mass is 16.7. The Hall–Kier alpha value is -2.50. The Morgan fingerprint density at radius 3 is 2.25 bits per heavy atom. The molecule has 0 amide bonds. The molecule has 1 aromatic rings. The maximum Gasteiger partial charge on any atom is 0.348 e. The van der Waals surface area contributed by atoms with E-state index in [-0.39, 0.29) is 5.57 Å². The molecule has 2 aliphatic rings. The highest BCUT2D eigenvalue weighted by Crippen LogP contribution is 2.38. The minimum atomic E-state index is -1.08. The first-order chi connectivity index (χ1) is 11.6. The van der Waals surface area contributed by atoms with Crippen molar-refractivity contribution in [2.75, 3.05) is 14.2 Å². The molecular formula is C18H20O6. The molecule has 6 nitrogen and oxygen atoms in total. The second-order valence-corrected chi connectivity index (χ2v) is 5.92. The number of hydrogen-bond donors (Lipinski definition) is 0. The molecule has 2 fully saturated rings. The van der Waals surface area contributed by atoms with Crippen molar-refractivity contribution in [2.45, 2.75) is 37.9 Å². The van der Waals surface area contributed by atoms with Gasteiger partial charge in [-0.15, -0.1) is 0 Å². The van der Waals surface area contributed by atoms with Gasteiger partial charge in [-0.2, -0.15) is 0 Å². The molecule has 128 valence electrons. The van der Waals surface area contributed by atoms with Gasteiger partial charge in [0.15, 0.2) is 0 Å². The summed E-state index contributed by atoms with van der Waals surface area (Å²) in [4.78, 5) is 24.7. The standard InChI is InChI=1S/C18H20O6/c1-21-13-6-7-15(22-2)12(10-13)11-14-16(19)23-18(24-17(14)20)8-4-3-5-9-18/h6-7,10-11H,3-5,8-9H2,1-2H3. The quantitative estimate of drug-likeness (QED) is 0.481. The fraction of sp³-hybridized carbons (Fsp3) is 0.444. The van der Waals surface area contributed by atoms with E-state index in [1.807, 2.05) is 0 Å². The summed E-state index contributed by atoms with van der Waals surface area (Å²) in [6.45, 7) is 0. The number of methoxy groups -OCH3 is 2. The van der Waals surface area contributed by atoms with Gasteiger partial charge in [0, 0.05) is 18.4 Å². The van der Waals surface area contributed by atoms with E-state index < -0.39 is 17.7 Å². The van der Waals surface area contributed by atoms with Crippen molar-refractivity contribution >= 4 is 18.0 Å². The largest absolute Gasteiger partial charge is 0.497 e. The summed E-state index contributed by atoms with van der Waals surface area (Å²) in [6, 6.07) is 5.11. The number of esters is 2. The SMILES string of the molecule is COc1ccc(OC)c(C=C2C(=O)OC3(CCCCC3)OC2=O)c1. The highest BCUT2D eigenvalue weighted by Gasteiger charge is 2.46. The number of rotatable bonds is 3. The third-order valence-corrected chi connectivity index (χ3v) is 4.35. The van der Waals surface area contributed by atoms with Gasteiger partial charge in [-0.1, -0.05) is 6.42 Å². The zero-order chi connectivity index (χ0) is 17.2. The number of hydrogen-bond acceptors (Lipinski definition) is 6. The topological polar surface area (TPSA) is 71.1 Å². The normalized spacial score (nSPS) is 19.5. The van der Waals surface area contributed by atoms with Crippen molar-refractivity contribution in [3.63, 3.8) is 0 Å². The first-order valence-corrected chi connectivity index (χ1v) is 7.97.